The molecule has 0 saturated carbocycles. The third-order valence-electron chi connectivity index (χ3n) is 3.92. The zero-order valence-corrected chi connectivity index (χ0v) is 14.6. The number of hydrogen-bond donors (Lipinski definition) is 3. The largest absolute Gasteiger partial charge is 1.00 e. The van der Waals surface area contributed by atoms with Crippen molar-refractivity contribution in [3.63, 3.8) is 0 Å². The summed E-state index contributed by atoms with van der Waals surface area (Å²) >= 11 is 0. The SMILES string of the molecule is N[C@@H](CC(=O)Nc1cc2ccccc2[nH]c1=O)Cc1ccccc1F.[Cl-]. The van der Waals surface area contributed by atoms with Gasteiger partial charge in [-0.3, -0.25) is 9.59 Å². The van der Waals surface area contributed by atoms with Gasteiger partial charge in [0.1, 0.15) is 11.5 Å². The van der Waals surface area contributed by atoms with Gasteiger partial charge >= 0.3 is 0 Å². The van der Waals surface area contributed by atoms with Gasteiger partial charge < -0.3 is 28.4 Å². The van der Waals surface area contributed by atoms with Gasteiger partial charge in [-0.15, -0.1) is 0 Å². The Morgan fingerprint density at radius 3 is 2.62 bits per heavy atom. The molecular formula is C19H18ClFN3O2-. The summed E-state index contributed by atoms with van der Waals surface area (Å²) in [5.74, 6) is -0.728. The molecule has 26 heavy (non-hydrogen) atoms. The minimum atomic E-state index is -0.545. The fourth-order valence-corrected chi connectivity index (χ4v) is 2.70. The van der Waals surface area contributed by atoms with E-state index in [9.17, 15) is 14.0 Å². The van der Waals surface area contributed by atoms with Gasteiger partial charge in [0, 0.05) is 23.4 Å². The molecule has 3 rings (SSSR count). The first-order valence-corrected chi connectivity index (χ1v) is 7.94. The van der Waals surface area contributed by atoms with Gasteiger partial charge in [0.15, 0.2) is 0 Å². The lowest BCUT2D eigenvalue weighted by Crippen LogP contribution is -3.00. The van der Waals surface area contributed by atoms with E-state index in [-0.39, 0.29) is 48.2 Å². The van der Waals surface area contributed by atoms with Crippen LogP contribution in [0.3, 0.4) is 0 Å². The topological polar surface area (TPSA) is 88.0 Å². The van der Waals surface area contributed by atoms with E-state index in [0.29, 0.717) is 11.1 Å². The van der Waals surface area contributed by atoms with Crippen LogP contribution in [0.4, 0.5) is 10.1 Å². The molecule has 0 aliphatic heterocycles. The normalized spacial score (nSPS) is 11.6. The van der Waals surface area contributed by atoms with Gasteiger partial charge in [0.2, 0.25) is 5.91 Å². The third-order valence-corrected chi connectivity index (χ3v) is 3.92. The summed E-state index contributed by atoms with van der Waals surface area (Å²) < 4.78 is 13.6. The van der Waals surface area contributed by atoms with Crippen LogP contribution in [0.25, 0.3) is 10.9 Å². The number of para-hydroxylation sites is 1. The molecule has 1 heterocycles. The van der Waals surface area contributed by atoms with Gasteiger partial charge in [-0.05, 0) is 30.2 Å². The number of carbonyl (C=O) groups is 1. The Morgan fingerprint density at radius 1 is 1.15 bits per heavy atom. The first-order valence-electron chi connectivity index (χ1n) is 7.94. The lowest BCUT2D eigenvalue weighted by atomic mass is 10.0. The maximum absolute atomic E-state index is 13.6. The maximum atomic E-state index is 13.6. The summed E-state index contributed by atoms with van der Waals surface area (Å²) in [6.07, 6.45) is 0.231. The molecule has 5 nitrogen and oxygen atoms in total. The minimum Gasteiger partial charge on any atom is -1.00 e. The number of pyridine rings is 1. The molecule has 1 atom stereocenters. The molecule has 0 spiro atoms. The molecule has 0 unspecified atom stereocenters. The first kappa shape index (κ1) is 19.6. The minimum absolute atomic E-state index is 0. The number of nitrogens with two attached hydrogens (primary N) is 1. The second-order valence-corrected chi connectivity index (χ2v) is 5.91. The van der Waals surface area contributed by atoms with Crippen LogP contribution in [0, 0.1) is 5.82 Å². The van der Waals surface area contributed by atoms with E-state index < -0.39 is 6.04 Å². The summed E-state index contributed by atoms with van der Waals surface area (Å²) in [6, 6.07) is 14.7. The van der Waals surface area contributed by atoms with Crippen LogP contribution >= 0.6 is 0 Å². The summed E-state index contributed by atoms with van der Waals surface area (Å²) in [5.41, 5.74) is 6.89. The van der Waals surface area contributed by atoms with E-state index in [4.69, 9.17) is 5.73 Å². The summed E-state index contributed by atoms with van der Waals surface area (Å²) in [6.45, 7) is 0. The van der Waals surface area contributed by atoms with Crippen molar-refractivity contribution >= 4 is 22.5 Å². The molecule has 0 aliphatic rings. The molecule has 0 aliphatic carbocycles. The van der Waals surface area contributed by atoms with Crippen LogP contribution < -0.4 is 29.0 Å². The Morgan fingerprint density at radius 2 is 1.85 bits per heavy atom. The van der Waals surface area contributed by atoms with Gasteiger partial charge in [-0.1, -0.05) is 36.4 Å². The fraction of sp³-hybridized carbons (Fsp3) is 0.158. The summed E-state index contributed by atoms with van der Waals surface area (Å²) in [7, 11) is 0. The van der Waals surface area contributed by atoms with Crippen molar-refractivity contribution < 1.29 is 21.6 Å². The lowest BCUT2D eigenvalue weighted by Gasteiger charge is -2.12. The highest BCUT2D eigenvalue weighted by Crippen LogP contribution is 2.14. The van der Waals surface area contributed by atoms with E-state index in [1.54, 1.807) is 30.3 Å². The molecule has 1 aromatic heterocycles. The van der Waals surface area contributed by atoms with Crippen molar-refractivity contribution in [1.82, 2.24) is 4.98 Å². The number of aromatic amines is 1. The number of anilines is 1. The van der Waals surface area contributed by atoms with Crippen LogP contribution in [0.2, 0.25) is 0 Å². The number of nitrogens with one attached hydrogen (secondary N) is 2. The van der Waals surface area contributed by atoms with Crippen LogP contribution in [-0.2, 0) is 11.2 Å². The van der Waals surface area contributed by atoms with Crippen molar-refractivity contribution in [2.45, 2.75) is 18.9 Å². The number of hydrogen-bond acceptors (Lipinski definition) is 3. The number of amides is 1. The molecule has 4 N–H and O–H groups in total. The Kier molecular flexibility index (Phi) is 6.49. The predicted octanol–water partition coefficient (Wildman–Crippen LogP) is -0.430. The standard InChI is InChI=1S/C19H18FN3O2.ClH/c20-15-7-3-1-5-12(15)9-14(21)11-18(24)22-17-10-13-6-2-4-8-16(13)23-19(17)25;/h1-8,10,14H,9,11,21H2,(H,22,24)(H,23,25);1H/p-1/t14-;/m1./s1. The monoisotopic (exact) mass is 374 g/mol. The van der Waals surface area contributed by atoms with Gasteiger partial charge in [0.25, 0.3) is 5.56 Å². The Hall–Kier alpha value is -2.70. The molecule has 3 aromatic rings. The van der Waals surface area contributed by atoms with Crippen molar-refractivity contribution in [3.05, 3.63) is 76.3 Å². The van der Waals surface area contributed by atoms with Crippen molar-refractivity contribution in [3.8, 4) is 0 Å². The Balaban J connectivity index is 0.00000243. The molecule has 0 saturated heterocycles. The molecule has 0 bridgehead atoms. The third kappa shape index (κ3) is 4.68. The van der Waals surface area contributed by atoms with E-state index in [1.807, 2.05) is 18.2 Å². The zero-order chi connectivity index (χ0) is 17.8. The number of halogens is 2. The number of fused-ring (bicyclic) bond motifs is 1. The Labute approximate surface area is 155 Å². The summed E-state index contributed by atoms with van der Waals surface area (Å²) in [5, 5.41) is 3.39. The molecule has 0 fully saturated rings. The molecular weight excluding hydrogens is 357 g/mol. The molecule has 136 valence electrons. The van der Waals surface area contributed by atoms with Crippen molar-refractivity contribution in [2.75, 3.05) is 5.32 Å². The highest BCUT2D eigenvalue weighted by atomic mass is 35.5. The first-order chi connectivity index (χ1) is 12.0. The molecule has 0 radical (unpaired) electrons. The molecule has 1 amide bonds. The fourth-order valence-electron chi connectivity index (χ4n) is 2.70. The quantitative estimate of drug-likeness (QED) is 0.566. The van der Waals surface area contributed by atoms with E-state index in [2.05, 4.69) is 10.3 Å². The Bertz CT molecular complexity index is 974. The molecule has 7 heteroatoms. The smallest absolute Gasteiger partial charge is 0.272 e. The highest BCUT2D eigenvalue weighted by Gasteiger charge is 2.14. The lowest BCUT2D eigenvalue weighted by molar-refractivity contribution is -0.116. The van der Waals surface area contributed by atoms with Crippen molar-refractivity contribution in [2.24, 2.45) is 5.73 Å². The maximum Gasteiger partial charge on any atom is 0.272 e. The number of H-pyrrole nitrogens is 1. The number of benzene rings is 2. The van der Waals surface area contributed by atoms with E-state index >= 15 is 0 Å². The predicted molar refractivity (Wildman–Crippen MR) is 95.9 cm³/mol. The second-order valence-electron chi connectivity index (χ2n) is 5.91. The number of aromatic nitrogens is 1. The second kappa shape index (κ2) is 8.60. The van der Waals surface area contributed by atoms with Gasteiger partial charge in [-0.2, -0.15) is 0 Å². The van der Waals surface area contributed by atoms with Gasteiger partial charge in [0.05, 0.1) is 0 Å². The van der Waals surface area contributed by atoms with Crippen molar-refractivity contribution in [1.29, 1.82) is 0 Å². The van der Waals surface area contributed by atoms with Crippen LogP contribution in [-0.4, -0.2) is 16.9 Å². The zero-order valence-electron chi connectivity index (χ0n) is 13.8. The average molecular weight is 375 g/mol. The number of rotatable bonds is 5. The summed E-state index contributed by atoms with van der Waals surface area (Å²) in [4.78, 5) is 26.9. The number of carbonyl (C=O) groups excluding carboxylic acids is 1. The molecule has 2 aromatic carbocycles. The van der Waals surface area contributed by atoms with Crippen LogP contribution in [0.15, 0.2) is 59.4 Å². The van der Waals surface area contributed by atoms with E-state index in [0.717, 1.165) is 5.39 Å². The van der Waals surface area contributed by atoms with Crippen LogP contribution in [0.1, 0.15) is 12.0 Å². The highest BCUT2D eigenvalue weighted by molar-refractivity contribution is 5.93. The van der Waals surface area contributed by atoms with E-state index in [1.165, 1.54) is 6.07 Å². The average Bonchev–Trinajstić information content (AvgIpc) is 2.57. The van der Waals surface area contributed by atoms with Crippen LogP contribution in [0.5, 0.6) is 0 Å². The van der Waals surface area contributed by atoms with Gasteiger partial charge in [-0.25, -0.2) is 4.39 Å².